The van der Waals surface area contributed by atoms with E-state index in [1.807, 2.05) is 48.5 Å². The summed E-state index contributed by atoms with van der Waals surface area (Å²) >= 11 is 0. The van der Waals surface area contributed by atoms with Gasteiger partial charge in [0.1, 0.15) is 36.8 Å². The Bertz CT molecular complexity index is 1460. The largest absolute Gasteiger partial charge is 0.462 e. The van der Waals surface area contributed by atoms with E-state index >= 15 is 0 Å². The Kier molecular flexibility index (Phi) is 9.54. The van der Waals surface area contributed by atoms with Crippen molar-refractivity contribution in [2.75, 3.05) is 14.1 Å². The highest BCUT2D eigenvalue weighted by molar-refractivity contribution is 5.84. The Balaban J connectivity index is 0.891. The number of piperidine rings is 2. The van der Waals surface area contributed by atoms with Gasteiger partial charge in [-0.05, 0) is 61.4 Å². The van der Waals surface area contributed by atoms with Gasteiger partial charge < -0.3 is 27.9 Å². The number of hydrogen-bond donors (Lipinski definition) is 0. The highest BCUT2D eigenvalue weighted by atomic mass is 16.6. The van der Waals surface area contributed by atoms with E-state index in [9.17, 15) is 19.2 Å². The molecule has 5 aliphatic rings. The van der Waals surface area contributed by atoms with Gasteiger partial charge in [-0.1, -0.05) is 0 Å². The summed E-state index contributed by atoms with van der Waals surface area (Å²) in [7, 11) is 4.64. The third-order valence-corrected chi connectivity index (χ3v) is 13.0. The predicted molar refractivity (Wildman–Crippen MR) is 183 cm³/mol. The van der Waals surface area contributed by atoms with E-state index in [2.05, 4.69) is 14.1 Å². The lowest BCUT2D eigenvalue weighted by atomic mass is 9.73. The molecule has 0 radical (unpaired) electrons. The van der Waals surface area contributed by atoms with Gasteiger partial charge in [-0.3, -0.25) is 19.2 Å². The summed E-state index contributed by atoms with van der Waals surface area (Å²) in [5.41, 5.74) is 2.40. The molecule has 6 atom stereocenters. The van der Waals surface area contributed by atoms with Crippen molar-refractivity contribution in [2.45, 2.75) is 128 Å². The number of rotatable bonds is 10. The number of carbonyl (C=O) groups excluding carboxylic acids is 4. The van der Waals surface area contributed by atoms with Crippen LogP contribution in [0.15, 0.2) is 48.5 Å². The lowest BCUT2D eigenvalue weighted by Gasteiger charge is -2.47. The Morgan fingerprint density at radius 1 is 0.540 bits per heavy atom. The maximum absolute atomic E-state index is 13.4. The van der Waals surface area contributed by atoms with Crippen molar-refractivity contribution in [3.8, 4) is 11.5 Å². The average Bonchev–Trinajstić information content (AvgIpc) is 3.26. The molecule has 10 heteroatoms. The van der Waals surface area contributed by atoms with Gasteiger partial charge in [-0.2, -0.15) is 0 Å². The van der Waals surface area contributed by atoms with E-state index in [4.69, 9.17) is 18.9 Å². The first kappa shape index (κ1) is 34.7. The first-order valence-corrected chi connectivity index (χ1v) is 18.5. The Labute approximate surface area is 295 Å². The van der Waals surface area contributed by atoms with Crippen LogP contribution >= 0.6 is 0 Å². The molecule has 7 rings (SSSR count). The van der Waals surface area contributed by atoms with Crippen LogP contribution in [0.25, 0.3) is 0 Å². The van der Waals surface area contributed by atoms with E-state index in [0.29, 0.717) is 48.5 Å². The minimum absolute atomic E-state index is 0.114. The molecular formula is C40H52N2O8+2. The summed E-state index contributed by atoms with van der Waals surface area (Å²) in [6, 6.07) is 17.2. The van der Waals surface area contributed by atoms with Gasteiger partial charge in [-0.25, -0.2) is 0 Å². The maximum atomic E-state index is 13.4. The summed E-state index contributed by atoms with van der Waals surface area (Å²) in [6.45, 7) is 4.58. The molecule has 2 aromatic carbocycles. The van der Waals surface area contributed by atoms with Crippen molar-refractivity contribution in [3.63, 3.8) is 0 Å². The monoisotopic (exact) mass is 688 g/mol. The highest BCUT2D eigenvalue weighted by Gasteiger charge is 2.55. The van der Waals surface area contributed by atoms with E-state index < -0.39 is 11.8 Å². The van der Waals surface area contributed by atoms with Crippen LogP contribution < -0.4 is 9.47 Å². The number of fused-ring (bicyclic) bond motifs is 4. The number of esters is 4. The summed E-state index contributed by atoms with van der Waals surface area (Å²) in [4.78, 5) is 49.5. The first-order valence-electron chi connectivity index (χ1n) is 18.5. The molecule has 0 aromatic heterocycles. The molecule has 2 aromatic rings. The molecule has 1 aliphatic carbocycles. The van der Waals surface area contributed by atoms with Crippen LogP contribution in [-0.2, 0) is 41.7 Å². The molecule has 50 heavy (non-hydrogen) atoms. The second kappa shape index (κ2) is 13.8. The molecule has 0 amide bonds. The summed E-state index contributed by atoms with van der Waals surface area (Å²) in [5, 5.41) is 0. The molecule has 5 fully saturated rings. The van der Waals surface area contributed by atoms with E-state index in [-0.39, 0.29) is 36.1 Å². The number of nitrogens with zero attached hydrogens (tertiary/aromatic N) is 2. The molecule has 6 unspecified atom stereocenters. The minimum atomic E-state index is -0.407. The summed E-state index contributed by atoms with van der Waals surface area (Å²) in [6.07, 6.45) is 8.93. The van der Waals surface area contributed by atoms with E-state index in [0.717, 1.165) is 73.4 Å². The van der Waals surface area contributed by atoms with Crippen LogP contribution in [0, 0.1) is 11.8 Å². The maximum Gasteiger partial charge on any atom is 0.310 e. The van der Waals surface area contributed by atoms with Gasteiger partial charge in [-0.15, -0.1) is 0 Å². The second-order valence-electron chi connectivity index (χ2n) is 16.1. The zero-order valence-electron chi connectivity index (χ0n) is 29.9. The number of ether oxygens (including phenoxy) is 4. The van der Waals surface area contributed by atoms with Crippen molar-refractivity contribution in [3.05, 3.63) is 59.7 Å². The lowest BCUT2D eigenvalue weighted by molar-refractivity contribution is -0.961. The molecule has 0 N–H and O–H groups in total. The fraction of sp³-hybridized carbons (Fsp3) is 0.600. The molecule has 268 valence electrons. The fourth-order valence-corrected chi connectivity index (χ4v) is 10.1. The normalized spacial score (nSPS) is 35.4. The number of carbonyl (C=O) groups is 4. The zero-order chi connectivity index (χ0) is 35.2. The third-order valence-electron chi connectivity index (χ3n) is 13.0. The van der Waals surface area contributed by atoms with Gasteiger partial charge >= 0.3 is 23.9 Å². The van der Waals surface area contributed by atoms with Crippen LogP contribution in [0.4, 0.5) is 0 Å². The molecule has 4 aliphatic heterocycles. The molecule has 4 saturated heterocycles. The quantitative estimate of drug-likeness (QED) is 0.180. The topological polar surface area (TPSA) is 105 Å². The SMILES string of the molecule is CC(=O)Oc1ccc(C[N+]2(C)C3CCC2CC(OC(=O)C2CCC2C(=O)OC2CC4CCC(C2)[N+]4(C)Cc2ccc(OC(C)=O)cc2)C3)cc1. The van der Waals surface area contributed by atoms with E-state index in [1.54, 1.807) is 0 Å². The molecule has 1 saturated carbocycles. The first-order chi connectivity index (χ1) is 23.9. The highest BCUT2D eigenvalue weighted by Crippen LogP contribution is 2.46. The minimum Gasteiger partial charge on any atom is -0.462 e. The van der Waals surface area contributed by atoms with Crippen molar-refractivity contribution in [2.24, 2.45) is 11.8 Å². The Morgan fingerprint density at radius 2 is 0.860 bits per heavy atom. The molecule has 4 heterocycles. The Hall–Kier alpha value is -3.76. The molecule has 0 spiro atoms. The van der Waals surface area contributed by atoms with Crippen molar-refractivity contribution >= 4 is 23.9 Å². The zero-order valence-corrected chi connectivity index (χ0v) is 29.9. The standard InChI is InChI=1S/C40H52N2O8/c1-25(43)47-33-13-5-27(6-14-33)23-41(3)29-9-10-30(41)20-35(19-29)49-39(45)37-17-18-38(37)40(46)50-36-21-31-11-12-32(22-36)42(31,4)24-28-7-15-34(16-8-28)48-26(2)44/h5-8,13-16,29-32,35-38H,9-12,17-24H2,1-4H3/q+2. The fourth-order valence-electron chi connectivity index (χ4n) is 10.1. The van der Waals surface area contributed by atoms with E-state index in [1.165, 1.54) is 25.0 Å². The third kappa shape index (κ3) is 6.93. The van der Waals surface area contributed by atoms with Gasteiger partial charge in [0.2, 0.25) is 0 Å². The van der Waals surface area contributed by atoms with Crippen molar-refractivity contribution < 1.29 is 47.1 Å². The van der Waals surface area contributed by atoms with Gasteiger partial charge in [0.25, 0.3) is 0 Å². The van der Waals surface area contributed by atoms with Crippen LogP contribution in [0.1, 0.15) is 89.2 Å². The molecule has 10 nitrogen and oxygen atoms in total. The van der Waals surface area contributed by atoms with Gasteiger partial charge in [0, 0.05) is 76.3 Å². The predicted octanol–water partition coefficient (Wildman–Crippen LogP) is 5.63. The molecular weight excluding hydrogens is 636 g/mol. The van der Waals surface area contributed by atoms with Crippen LogP contribution in [0.2, 0.25) is 0 Å². The molecule has 4 bridgehead atoms. The lowest BCUT2D eigenvalue weighted by Crippen LogP contribution is -2.58. The summed E-state index contributed by atoms with van der Waals surface area (Å²) < 4.78 is 24.6. The van der Waals surface area contributed by atoms with Gasteiger partial charge in [0.05, 0.1) is 50.1 Å². The van der Waals surface area contributed by atoms with Crippen LogP contribution in [-0.4, -0.2) is 83.3 Å². The van der Waals surface area contributed by atoms with Gasteiger partial charge in [0.15, 0.2) is 0 Å². The van der Waals surface area contributed by atoms with Crippen LogP contribution in [0.5, 0.6) is 11.5 Å². The number of benzene rings is 2. The van der Waals surface area contributed by atoms with Crippen molar-refractivity contribution in [1.82, 2.24) is 0 Å². The summed E-state index contributed by atoms with van der Waals surface area (Å²) in [5.74, 6) is -0.808. The van der Waals surface area contributed by atoms with Crippen molar-refractivity contribution in [1.29, 1.82) is 0 Å². The second-order valence-corrected chi connectivity index (χ2v) is 16.1. The smallest absolute Gasteiger partial charge is 0.310 e. The Morgan fingerprint density at radius 3 is 1.14 bits per heavy atom. The number of quaternary nitrogens is 2. The number of hydrogen-bond acceptors (Lipinski definition) is 8. The average molecular weight is 689 g/mol. The van der Waals surface area contributed by atoms with Crippen LogP contribution in [0.3, 0.4) is 0 Å².